The molecule has 3 N–H and O–H groups in total. The van der Waals surface area contributed by atoms with Crippen molar-refractivity contribution in [2.24, 2.45) is 0 Å². The van der Waals surface area contributed by atoms with Crippen LogP contribution in [0.1, 0.15) is 252 Å². The Balaban J connectivity index is 4.49. The third-order valence-electron chi connectivity index (χ3n) is 10.8. The van der Waals surface area contributed by atoms with Crippen LogP contribution < -0.4 is 5.32 Å². The molecule has 0 heterocycles. The molecule has 0 aromatic rings. The largest absolute Gasteiger partial charge is 0.462 e. The lowest BCUT2D eigenvalue weighted by molar-refractivity contribution is -0.151. The normalized spacial score (nSPS) is 13.4. The van der Waals surface area contributed by atoms with Gasteiger partial charge in [-0.2, -0.15) is 0 Å². The topological polar surface area (TPSA) is 95.9 Å². The number of hydrogen-bond donors (Lipinski definition) is 3. The molecule has 0 bridgehead atoms. The van der Waals surface area contributed by atoms with Gasteiger partial charge in [0, 0.05) is 6.42 Å². The fraction of sp³-hybridized carbons (Fsp3) is 0.915. The minimum absolute atomic E-state index is 0.0800. The van der Waals surface area contributed by atoms with E-state index in [1.54, 1.807) is 0 Å². The maximum absolute atomic E-state index is 13.1. The van der Waals surface area contributed by atoms with Gasteiger partial charge in [-0.25, -0.2) is 0 Å². The lowest BCUT2D eigenvalue weighted by Crippen LogP contribution is -2.46. The van der Waals surface area contributed by atoms with E-state index in [9.17, 15) is 19.8 Å². The van der Waals surface area contributed by atoms with Gasteiger partial charge in [-0.1, -0.05) is 200 Å². The Labute approximate surface area is 329 Å². The SMILES string of the molecule is CCCCC/C=C\CCCCCCCC(=O)OC(CCCCCCCCCCC)CC(=O)NC(CO)C(O)CCCCCCCCCCCCCCC. The number of rotatable bonds is 42. The standard InChI is InChI=1S/C47H91NO5/c1-4-7-10-13-16-19-21-23-24-27-30-33-36-39-45(50)44(42-49)48-46(51)41-43(38-35-32-29-26-18-15-12-9-6-3)53-47(52)40-37-34-31-28-25-22-20-17-14-11-8-5-2/h17,20,43-45,49-50H,4-16,18-19,21-42H2,1-3H3,(H,48,51)/b20-17-. The van der Waals surface area contributed by atoms with Crippen LogP contribution in [0.4, 0.5) is 0 Å². The third-order valence-corrected chi connectivity index (χ3v) is 10.8. The smallest absolute Gasteiger partial charge is 0.306 e. The van der Waals surface area contributed by atoms with Crippen LogP contribution in [0.2, 0.25) is 0 Å². The van der Waals surface area contributed by atoms with Gasteiger partial charge in [0.1, 0.15) is 6.10 Å². The molecule has 0 aliphatic rings. The van der Waals surface area contributed by atoms with Crippen LogP contribution in [0.5, 0.6) is 0 Å². The molecule has 3 unspecified atom stereocenters. The fourth-order valence-corrected chi connectivity index (χ4v) is 7.25. The zero-order chi connectivity index (χ0) is 38.9. The van der Waals surface area contributed by atoms with E-state index in [-0.39, 0.29) is 24.9 Å². The number of amides is 1. The van der Waals surface area contributed by atoms with Gasteiger partial charge in [-0.15, -0.1) is 0 Å². The summed E-state index contributed by atoms with van der Waals surface area (Å²) < 4.78 is 5.89. The zero-order valence-electron chi connectivity index (χ0n) is 35.7. The van der Waals surface area contributed by atoms with Crippen molar-refractivity contribution in [2.45, 2.75) is 270 Å². The number of carbonyl (C=O) groups is 2. The van der Waals surface area contributed by atoms with Crippen LogP contribution in [-0.2, 0) is 14.3 Å². The number of esters is 1. The van der Waals surface area contributed by atoms with E-state index in [1.165, 1.54) is 154 Å². The summed E-state index contributed by atoms with van der Waals surface area (Å²) in [6.07, 6.45) is 44.1. The van der Waals surface area contributed by atoms with Crippen molar-refractivity contribution < 1.29 is 24.5 Å². The molecule has 0 fully saturated rings. The van der Waals surface area contributed by atoms with E-state index in [2.05, 4.69) is 38.2 Å². The van der Waals surface area contributed by atoms with Crippen molar-refractivity contribution in [3.8, 4) is 0 Å². The van der Waals surface area contributed by atoms with Crippen LogP contribution in [0.15, 0.2) is 12.2 Å². The van der Waals surface area contributed by atoms with E-state index in [0.29, 0.717) is 19.3 Å². The Morgan fingerprint density at radius 1 is 0.528 bits per heavy atom. The molecule has 6 heteroatoms. The number of aliphatic hydroxyl groups excluding tert-OH is 2. The van der Waals surface area contributed by atoms with Gasteiger partial charge in [-0.3, -0.25) is 9.59 Å². The van der Waals surface area contributed by atoms with Gasteiger partial charge < -0.3 is 20.3 Å². The van der Waals surface area contributed by atoms with Gasteiger partial charge >= 0.3 is 5.97 Å². The summed E-state index contributed by atoms with van der Waals surface area (Å²) in [5.74, 6) is -0.475. The first-order chi connectivity index (χ1) is 26.0. The molecular formula is C47H91NO5. The summed E-state index contributed by atoms with van der Waals surface area (Å²) in [4.78, 5) is 25.9. The second-order valence-corrected chi connectivity index (χ2v) is 16.2. The lowest BCUT2D eigenvalue weighted by atomic mass is 10.0. The highest BCUT2D eigenvalue weighted by Crippen LogP contribution is 2.18. The summed E-state index contributed by atoms with van der Waals surface area (Å²) in [6.45, 7) is 6.44. The summed E-state index contributed by atoms with van der Waals surface area (Å²) >= 11 is 0. The summed E-state index contributed by atoms with van der Waals surface area (Å²) in [6, 6.07) is -0.694. The van der Waals surface area contributed by atoms with E-state index < -0.39 is 18.2 Å². The first-order valence-corrected chi connectivity index (χ1v) is 23.4. The second-order valence-electron chi connectivity index (χ2n) is 16.2. The molecular weight excluding hydrogens is 659 g/mol. The maximum Gasteiger partial charge on any atom is 0.306 e. The molecule has 314 valence electrons. The Morgan fingerprint density at radius 2 is 0.906 bits per heavy atom. The van der Waals surface area contributed by atoms with Crippen LogP contribution in [-0.4, -0.2) is 46.9 Å². The van der Waals surface area contributed by atoms with Gasteiger partial charge in [0.05, 0.1) is 25.2 Å². The van der Waals surface area contributed by atoms with E-state index in [4.69, 9.17) is 4.74 Å². The highest BCUT2D eigenvalue weighted by molar-refractivity contribution is 5.77. The van der Waals surface area contributed by atoms with Crippen molar-refractivity contribution in [2.75, 3.05) is 6.61 Å². The van der Waals surface area contributed by atoms with Gasteiger partial charge in [0.2, 0.25) is 5.91 Å². The lowest BCUT2D eigenvalue weighted by Gasteiger charge is -2.24. The van der Waals surface area contributed by atoms with Crippen molar-refractivity contribution in [1.82, 2.24) is 5.32 Å². The minimum atomic E-state index is -0.781. The maximum atomic E-state index is 13.1. The molecule has 0 aromatic carbocycles. The molecule has 6 nitrogen and oxygen atoms in total. The Morgan fingerprint density at radius 3 is 1.38 bits per heavy atom. The summed E-state index contributed by atoms with van der Waals surface area (Å²) in [7, 11) is 0. The van der Waals surface area contributed by atoms with Gasteiger partial charge in [0.25, 0.3) is 0 Å². The molecule has 0 aromatic heterocycles. The second kappa shape index (κ2) is 41.8. The Hall–Kier alpha value is -1.40. The summed E-state index contributed by atoms with van der Waals surface area (Å²) in [5, 5.41) is 23.6. The predicted molar refractivity (Wildman–Crippen MR) is 227 cm³/mol. The zero-order valence-corrected chi connectivity index (χ0v) is 35.7. The summed E-state index contributed by atoms with van der Waals surface area (Å²) in [5.41, 5.74) is 0. The molecule has 0 spiro atoms. The Bertz CT molecular complexity index is 802. The average molecular weight is 750 g/mol. The molecule has 0 aliphatic heterocycles. The molecule has 0 radical (unpaired) electrons. The van der Waals surface area contributed by atoms with Crippen LogP contribution in [0, 0.1) is 0 Å². The quantitative estimate of drug-likeness (QED) is 0.0328. The first-order valence-electron chi connectivity index (χ1n) is 23.4. The molecule has 0 saturated heterocycles. The first kappa shape index (κ1) is 51.6. The molecule has 3 atom stereocenters. The van der Waals surface area contributed by atoms with Crippen LogP contribution in [0.25, 0.3) is 0 Å². The van der Waals surface area contributed by atoms with E-state index >= 15 is 0 Å². The molecule has 0 rings (SSSR count). The number of ether oxygens (including phenoxy) is 1. The molecule has 1 amide bonds. The van der Waals surface area contributed by atoms with Crippen molar-refractivity contribution in [1.29, 1.82) is 0 Å². The van der Waals surface area contributed by atoms with E-state index in [0.717, 1.165) is 51.4 Å². The van der Waals surface area contributed by atoms with Crippen molar-refractivity contribution in [3.05, 3.63) is 12.2 Å². The highest BCUT2D eigenvalue weighted by Gasteiger charge is 2.24. The number of carbonyl (C=O) groups excluding carboxylic acids is 2. The highest BCUT2D eigenvalue weighted by atomic mass is 16.5. The molecule has 0 saturated carbocycles. The number of aliphatic hydroxyl groups is 2. The number of unbranched alkanes of at least 4 members (excludes halogenated alkanes) is 28. The Kier molecular flexibility index (Phi) is 40.7. The van der Waals surface area contributed by atoms with Gasteiger partial charge in [0.15, 0.2) is 0 Å². The van der Waals surface area contributed by atoms with Crippen LogP contribution in [0.3, 0.4) is 0 Å². The van der Waals surface area contributed by atoms with Crippen molar-refractivity contribution >= 4 is 11.9 Å². The van der Waals surface area contributed by atoms with Crippen LogP contribution >= 0.6 is 0 Å². The molecule has 53 heavy (non-hydrogen) atoms. The average Bonchev–Trinajstić information content (AvgIpc) is 3.15. The third kappa shape index (κ3) is 37.3. The van der Waals surface area contributed by atoms with E-state index in [1.807, 2.05) is 0 Å². The monoisotopic (exact) mass is 750 g/mol. The predicted octanol–water partition coefficient (Wildman–Crippen LogP) is 13.4. The van der Waals surface area contributed by atoms with Gasteiger partial charge in [-0.05, 0) is 51.4 Å². The number of hydrogen-bond acceptors (Lipinski definition) is 5. The van der Waals surface area contributed by atoms with Crippen molar-refractivity contribution in [3.63, 3.8) is 0 Å². The number of allylic oxidation sites excluding steroid dienone is 2. The minimum Gasteiger partial charge on any atom is -0.462 e. The number of nitrogens with one attached hydrogen (secondary N) is 1. The fourth-order valence-electron chi connectivity index (χ4n) is 7.25. The molecule has 0 aliphatic carbocycles.